The number of anilines is 1. The molecule has 2 aromatic carbocycles. The Hall–Kier alpha value is -2.95. The molecule has 0 amide bonds. The topological polar surface area (TPSA) is 67.5 Å². The highest BCUT2D eigenvalue weighted by Crippen LogP contribution is 2.15. The first kappa shape index (κ1) is 14.5. The zero-order valence-corrected chi connectivity index (χ0v) is 11.6. The second kappa shape index (κ2) is 7.00. The number of hydrogen-bond acceptors (Lipinski definition) is 4. The summed E-state index contributed by atoms with van der Waals surface area (Å²) in [6.07, 6.45) is 3.72. The standard InChI is InChI=1S/C16H15N3O2/c1-13(11-14-5-3-2-4-6-14)12-17-18-15-7-9-16(10-8-15)19(20)21/h2-12,18H,1H3/b13-11+,17-12?. The molecule has 1 N–H and O–H groups in total. The van der Waals surface area contributed by atoms with Gasteiger partial charge in [-0.25, -0.2) is 0 Å². The lowest BCUT2D eigenvalue weighted by Crippen LogP contribution is -1.91. The van der Waals surface area contributed by atoms with Crippen molar-refractivity contribution in [3.05, 3.63) is 75.8 Å². The fourth-order valence-electron chi connectivity index (χ4n) is 1.72. The van der Waals surface area contributed by atoms with Crippen molar-refractivity contribution in [3.63, 3.8) is 0 Å². The van der Waals surface area contributed by atoms with Crippen LogP contribution < -0.4 is 5.43 Å². The Labute approximate surface area is 122 Å². The number of rotatable bonds is 5. The lowest BCUT2D eigenvalue weighted by molar-refractivity contribution is -0.384. The van der Waals surface area contributed by atoms with Crippen LogP contribution in [0.3, 0.4) is 0 Å². The van der Waals surface area contributed by atoms with E-state index in [1.54, 1.807) is 18.3 Å². The smallest absolute Gasteiger partial charge is 0.269 e. The number of nitro benzene ring substituents is 1. The molecular weight excluding hydrogens is 266 g/mol. The van der Waals surface area contributed by atoms with Crippen LogP contribution in [0.1, 0.15) is 12.5 Å². The number of nitrogens with one attached hydrogen (secondary N) is 1. The van der Waals surface area contributed by atoms with Gasteiger partial charge >= 0.3 is 0 Å². The van der Waals surface area contributed by atoms with Gasteiger partial charge in [0.2, 0.25) is 0 Å². The second-order valence-corrected chi connectivity index (χ2v) is 4.47. The number of nitro groups is 1. The third kappa shape index (κ3) is 4.58. The molecule has 0 saturated carbocycles. The monoisotopic (exact) mass is 281 g/mol. The Morgan fingerprint density at radius 1 is 1.14 bits per heavy atom. The molecule has 0 aromatic heterocycles. The maximum Gasteiger partial charge on any atom is 0.269 e. The third-order valence-corrected chi connectivity index (χ3v) is 2.73. The van der Waals surface area contributed by atoms with Crippen molar-refractivity contribution < 1.29 is 4.92 Å². The fraction of sp³-hybridized carbons (Fsp3) is 0.0625. The van der Waals surface area contributed by atoms with Crippen molar-refractivity contribution in [2.75, 3.05) is 5.43 Å². The Bertz CT molecular complexity index is 662. The summed E-state index contributed by atoms with van der Waals surface area (Å²) in [5.41, 5.74) is 5.70. The number of nitrogens with zero attached hydrogens (tertiary/aromatic N) is 2. The summed E-state index contributed by atoms with van der Waals surface area (Å²) in [6.45, 7) is 1.95. The predicted molar refractivity (Wildman–Crippen MR) is 85.3 cm³/mol. The van der Waals surface area contributed by atoms with Gasteiger partial charge in [0.25, 0.3) is 5.69 Å². The van der Waals surface area contributed by atoms with E-state index in [1.165, 1.54) is 12.1 Å². The molecule has 0 saturated heterocycles. The molecule has 0 radical (unpaired) electrons. The predicted octanol–water partition coefficient (Wildman–Crippen LogP) is 4.10. The van der Waals surface area contributed by atoms with E-state index in [0.29, 0.717) is 5.69 Å². The summed E-state index contributed by atoms with van der Waals surface area (Å²) in [4.78, 5) is 10.1. The van der Waals surface area contributed by atoms with Crippen LogP contribution in [0.2, 0.25) is 0 Å². The Morgan fingerprint density at radius 3 is 2.43 bits per heavy atom. The molecule has 0 heterocycles. The molecule has 21 heavy (non-hydrogen) atoms. The third-order valence-electron chi connectivity index (χ3n) is 2.73. The minimum atomic E-state index is -0.431. The number of hydrazone groups is 1. The Balaban J connectivity index is 1.95. The van der Waals surface area contributed by atoms with Gasteiger partial charge in [-0.1, -0.05) is 36.4 Å². The molecule has 0 aliphatic carbocycles. The number of non-ortho nitro benzene ring substituents is 1. The van der Waals surface area contributed by atoms with Crippen molar-refractivity contribution in [2.24, 2.45) is 5.10 Å². The lowest BCUT2D eigenvalue weighted by atomic mass is 10.1. The molecule has 0 aliphatic heterocycles. The van der Waals surface area contributed by atoms with Crippen LogP contribution in [0.5, 0.6) is 0 Å². The summed E-state index contributed by atoms with van der Waals surface area (Å²) in [5.74, 6) is 0. The molecule has 0 spiro atoms. The molecule has 2 rings (SSSR count). The quantitative estimate of drug-likeness (QED) is 0.509. The highest BCUT2D eigenvalue weighted by Gasteiger charge is 2.02. The summed E-state index contributed by atoms with van der Waals surface area (Å²) in [6, 6.07) is 16.1. The average Bonchev–Trinajstić information content (AvgIpc) is 2.49. The van der Waals surface area contributed by atoms with Crippen LogP contribution in [-0.2, 0) is 0 Å². The van der Waals surface area contributed by atoms with Crippen molar-refractivity contribution in [3.8, 4) is 0 Å². The van der Waals surface area contributed by atoms with Gasteiger partial charge in [0, 0.05) is 12.1 Å². The fourth-order valence-corrected chi connectivity index (χ4v) is 1.72. The minimum absolute atomic E-state index is 0.0599. The highest BCUT2D eigenvalue weighted by atomic mass is 16.6. The number of hydrogen-bond donors (Lipinski definition) is 1. The molecule has 0 unspecified atom stereocenters. The van der Waals surface area contributed by atoms with Gasteiger partial charge in [0.1, 0.15) is 0 Å². The van der Waals surface area contributed by atoms with E-state index in [1.807, 2.05) is 43.3 Å². The van der Waals surface area contributed by atoms with Crippen molar-refractivity contribution in [1.82, 2.24) is 0 Å². The zero-order valence-electron chi connectivity index (χ0n) is 11.6. The lowest BCUT2D eigenvalue weighted by Gasteiger charge is -1.99. The Kier molecular flexibility index (Phi) is 4.82. The number of allylic oxidation sites excluding steroid dienone is 1. The van der Waals surface area contributed by atoms with E-state index in [4.69, 9.17) is 0 Å². The molecule has 106 valence electrons. The molecule has 0 bridgehead atoms. The molecule has 5 heteroatoms. The highest BCUT2D eigenvalue weighted by molar-refractivity contribution is 5.85. The maximum atomic E-state index is 10.5. The van der Waals surface area contributed by atoms with Gasteiger partial charge in [-0.2, -0.15) is 5.10 Å². The Morgan fingerprint density at radius 2 is 1.81 bits per heavy atom. The minimum Gasteiger partial charge on any atom is -0.279 e. The molecule has 5 nitrogen and oxygen atoms in total. The summed E-state index contributed by atoms with van der Waals surface area (Å²) in [5, 5.41) is 14.6. The number of benzene rings is 2. The van der Waals surface area contributed by atoms with E-state index < -0.39 is 4.92 Å². The van der Waals surface area contributed by atoms with Crippen LogP contribution in [-0.4, -0.2) is 11.1 Å². The van der Waals surface area contributed by atoms with Crippen molar-refractivity contribution in [1.29, 1.82) is 0 Å². The largest absolute Gasteiger partial charge is 0.279 e. The van der Waals surface area contributed by atoms with E-state index in [2.05, 4.69) is 10.5 Å². The molecule has 2 aromatic rings. The normalized spacial score (nSPS) is 11.6. The first-order valence-corrected chi connectivity index (χ1v) is 6.42. The van der Waals surface area contributed by atoms with Gasteiger partial charge in [-0.3, -0.25) is 15.5 Å². The van der Waals surface area contributed by atoms with Gasteiger partial charge in [0.15, 0.2) is 0 Å². The van der Waals surface area contributed by atoms with Gasteiger partial charge in [-0.05, 0) is 30.2 Å². The first-order chi connectivity index (χ1) is 10.1. The van der Waals surface area contributed by atoms with Gasteiger partial charge < -0.3 is 0 Å². The van der Waals surface area contributed by atoms with Crippen LogP contribution >= 0.6 is 0 Å². The summed E-state index contributed by atoms with van der Waals surface area (Å²) in [7, 11) is 0. The van der Waals surface area contributed by atoms with Crippen molar-refractivity contribution >= 4 is 23.7 Å². The van der Waals surface area contributed by atoms with Crippen molar-refractivity contribution in [2.45, 2.75) is 6.92 Å². The van der Waals surface area contributed by atoms with Crippen LogP contribution in [0, 0.1) is 10.1 Å². The molecule has 0 atom stereocenters. The average molecular weight is 281 g/mol. The van der Waals surface area contributed by atoms with Crippen LogP contribution in [0.25, 0.3) is 6.08 Å². The van der Waals surface area contributed by atoms with E-state index in [-0.39, 0.29) is 5.69 Å². The SMILES string of the molecule is C/C(C=NNc1ccc([N+](=O)[O-])cc1)=C\c1ccccc1. The molecule has 0 aliphatic rings. The second-order valence-electron chi connectivity index (χ2n) is 4.47. The maximum absolute atomic E-state index is 10.5. The summed E-state index contributed by atoms with van der Waals surface area (Å²) < 4.78 is 0. The molecule has 0 fully saturated rings. The zero-order chi connectivity index (χ0) is 15.1. The van der Waals surface area contributed by atoms with Gasteiger partial charge in [-0.15, -0.1) is 0 Å². The van der Waals surface area contributed by atoms with E-state index in [0.717, 1.165) is 11.1 Å². The molecular formula is C16H15N3O2. The van der Waals surface area contributed by atoms with E-state index in [9.17, 15) is 10.1 Å². The van der Waals surface area contributed by atoms with Crippen LogP contribution in [0.15, 0.2) is 65.3 Å². The van der Waals surface area contributed by atoms with E-state index >= 15 is 0 Å². The first-order valence-electron chi connectivity index (χ1n) is 6.42. The van der Waals surface area contributed by atoms with Crippen LogP contribution in [0.4, 0.5) is 11.4 Å². The summed E-state index contributed by atoms with van der Waals surface area (Å²) >= 11 is 0. The van der Waals surface area contributed by atoms with Gasteiger partial charge in [0.05, 0.1) is 16.8 Å².